The van der Waals surface area contributed by atoms with Gasteiger partial charge in [0, 0.05) is 12.8 Å². The van der Waals surface area contributed by atoms with Gasteiger partial charge in [-0.05, 0) is 25.0 Å². The number of hydrogen-bond donors (Lipinski definition) is 2. The molecule has 0 radical (unpaired) electrons. The third kappa shape index (κ3) is 2.84. The second kappa shape index (κ2) is 5.59. The van der Waals surface area contributed by atoms with E-state index >= 15 is 0 Å². The van der Waals surface area contributed by atoms with Gasteiger partial charge >= 0.3 is 0 Å². The fourth-order valence-electron chi connectivity index (χ4n) is 1.95. The highest BCUT2D eigenvalue weighted by Gasteiger charge is 2.24. The van der Waals surface area contributed by atoms with Crippen LogP contribution in [0.15, 0.2) is 18.2 Å². The monoisotopic (exact) mass is 248 g/mol. The molecule has 0 unspecified atom stereocenters. The third-order valence-electron chi connectivity index (χ3n) is 2.91. The normalized spacial score (nSPS) is 16.6. The van der Waals surface area contributed by atoms with Gasteiger partial charge in [-0.25, -0.2) is 10.8 Å². The van der Waals surface area contributed by atoms with Crippen LogP contribution in [0.25, 0.3) is 0 Å². The minimum absolute atomic E-state index is 0.120. The molecule has 1 aromatic heterocycles. The Balaban J connectivity index is 2.14. The molecule has 18 heavy (non-hydrogen) atoms. The Bertz CT molecular complexity index is 443. The minimum atomic E-state index is -0.120. The van der Waals surface area contributed by atoms with Crippen molar-refractivity contribution in [3.63, 3.8) is 0 Å². The zero-order valence-electron chi connectivity index (χ0n) is 10.1. The number of pyridine rings is 1. The predicted molar refractivity (Wildman–Crippen MR) is 66.1 cm³/mol. The summed E-state index contributed by atoms with van der Waals surface area (Å²) in [6.07, 6.45) is 2.42. The second-order valence-electron chi connectivity index (χ2n) is 4.24. The molecule has 0 aliphatic carbocycles. The van der Waals surface area contributed by atoms with Crippen LogP contribution in [0.2, 0.25) is 0 Å². The number of nitrogens with zero attached hydrogens (tertiary/aromatic N) is 2. The van der Waals surface area contributed by atoms with E-state index < -0.39 is 0 Å². The number of imide groups is 1. The van der Waals surface area contributed by atoms with Crippen molar-refractivity contribution in [1.29, 1.82) is 0 Å². The van der Waals surface area contributed by atoms with Gasteiger partial charge in [0.1, 0.15) is 5.82 Å². The van der Waals surface area contributed by atoms with E-state index in [4.69, 9.17) is 5.84 Å². The summed E-state index contributed by atoms with van der Waals surface area (Å²) in [7, 11) is 0. The lowest BCUT2D eigenvalue weighted by atomic mass is 10.2. The first kappa shape index (κ1) is 12.5. The molecule has 0 aromatic carbocycles. The van der Waals surface area contributed by atoms with Crippen LogP contribution in [-0.4, -0.2) is 21.7 Å². The number of amides is 2. The highest BCUT2D eigenvalue weighted by molar-refractivity contribution is 5.95. The Morgan fingerprint density at radius 2 is 1.89 bits per heavy atom. The molecule has 1 fully saturated rings. The number of nitrogen functional groups attached to an aromatic ring is 1. The summed E-state index contributed by atoms with van der Waals surface area (Å²) >= 11 is 0. The van der Waals surface area contributed by atoms with Gasteiger partial charge in [0.05, 0.1) is 12.2 Å². The molecule has 2 amide bonds. The fourth-order valence-corrected chi connectivity index (χ4v) is 1.95. The van der Waals surface area contributed by atoms with E-state index in [1.165, 1.54) is 4.90 Å². The van der Waals surface area contributed by atoms with Crippen molar-refractivity contribution in [2.75, 3.05) is 5.43 Å². The average Bonchev–Trinajstić information content (AvgIpc) is 2.54. The minimum Gasteiger partial charge on any atom is -0.308 e. The molecule has 1 aliphatic rings. The Labute approximate surface area is 105 Å². The van der Waals surface area contributed by atoms with Crippen molar-refractivity contribution in [2.45, 2.75) is 32.2 Å². The number of hydrogen-bond acceptors (Lipinski definition) is 5. The van der Waals surface area contributed by atoms with Gasteiger partial charge in [0.25, 0.3) is 0 Å². The Morgan fingerprint density at radius 1 is 1.22 bits per heavy atom. The van der Waals surface area contributed by atoms with Crippen LogP contribution < -0.4 is 11.3 Å². The molecule has 6 heteroatoms. The number of nitrogens with one attached hydrogen (secondary N) is 1. The van der Waals surface area contributed by atoms with Crippen LogP contribution in [0.3, 0.4) is 0 Å². The SMILES string of the molecule is NNc1cccc(CN2C(=O)CCCCC2=O)n1. The summed E-state index contributed by atoms with van der Waals surface area (Å²) in [5.41, 5.74) is 3.09. The van der Waals surface area contributed by atoms with Crippen molar-refractivity contribution < 1.29 is 9.59 Å². The van der Waals surface area contributed by atoms with E-state index in [1.807, 2.05) is 0 Å². The molecule has 0 spiro atoms. The Kier molecular flexibility index (Phi) is 3.88. The van der Waals surface area contributed by atoms with E-state index in [9.17, 15) is 9.59 Å². The summed E-state index contributed by atoms with van der Waals surface area (Å²) in [6.45, 7) is 0.215. The average molecular weight is 248 g/mol. The van der Waals surface area contributed by atoms with Crippen molar-refractivity contribution >= 4 is 17.6 Å². The van der Waals surface area contributed by atoms with Gasteiger partial charge in [-0.2, -0.15) is 0 Å². The second-order valence-corrected chi connectivity index (χ2v) is 4.24. The van der Waals surface area contributed by atoms with Crippen LogP contribution in [0.1, 0.15) is 31.4 Å². The number of carbonyl (C=O) groups is 2. The molecule has 6 nitrogen and oxygen atoms in total. The van der Waals surface area contributed by atoms with E-state index in [0.29, 0.717) is 24.4 Å². The topological polar surface area (TPSA) is 88.3 Å². The molecular formula is C12H16N4O2. The van der Waals surface area contributed by atoms with Crippen LogP contribution in [0.5, 0.6) is 0 Å². The summed E-state index contributed by atoms with van der Waals surface area (Å²) in [4.78, 5) is 29.1. The lowest BCUT2D eigenvalue weighted by Gasteiger charge is -2.18. The van der Waals surface area contributed by atoms with Crippen LogP contribution in [0.4, 0.5) is 5.82 Å². The molecule has 3 N–H and O–H groups in total. The largest absolute Gasteiger partial charge is 0.308 e. The molecule has 96 valence electrons. The molecule has 2 heterocycles. The Hall–Kier alpha value is -1.95. The molecule has 1 aromatic rings. The maximum Gasteiger partial charge on any atom is 0.229 e. The standard InChI is InChI=1S/C12H16N4O2/c13-15-10-5-3-4-9(14-10)8-16-11(17)6-1-2-7-12(16)18/h3-5H,1-2,6-8,13H2,(H,14,15). The summed E-state index contributed by atoms with van der Waals surface area (Å²) in [5.74, 6) is 5.55. The smallest absolute Gasteiger partial charge is 0.229 e. The number of nitrogens with two attached hydrogens (primary N) is 1. The van der Waals surface area contributed by atoms with Crippen LogP contribution >= 0.6 is 0 Å². The lowest BCUT2D eigenvalue weighted by molar-refractivity contribution is -0.144. The zero-order chi connectivity index (χ0) is 13.0. The number of carbonyl (C=O) groups excluding carboxylic acids is 2. The predicted octanol–water partition coefficient (Wildman–Crippen LogP) is 0.796. The Morgan fingerprint density at radius 3 is 2.50 bits per heavy atom. The van der Waals surface area contributed by atoms with E-state index in [2.05, 4.69) is 10.4 Å². The molecule has 1 saturated heterocycles. The maximum atomic E-state index is 11.8. The van der Waals surface area contributed by atoms with Crippen molar-refractivity contribution in [3.8, 4) is 0 Å². The van der Waals surface area contributed by atoms with E-state index in [1.54, 1.807) is 18.2 Å². The van der Waals surface area contributed by atoms with Crippen molar-refractivity contribution in [3.05, 3.63) is 23.9 Å². The first-order valence-corrected chi connectivity index (χ1v) is 5.96. The number of anilines is 1. The van der Waals surface area contributed by atoms with Crippen molar-refractivity contribution in [2.24, 2.45) is 5.84 Å². The number of rotatable bonds is 3. The number of likely N-dealkylation sites (tertiary alicyclic amines) is 1. The molecule has 1 aliphatic heterocycles. The number of aromatic nitrogens is 1. The fraction of sp³-hybridized carbons (Fsp3) is 0.417. The molecule has 2 rings (SSSR count). The van der Waals surface area contributed by atoms with E-state index in [-0.39, 0.29) is 18.4 Å². The molecule has 0 bridgehead atoms. The quantitative estimate of drug-likeness (QED) is 0.469. The molecule has 0 saturated carbocycles. The molecule has 0 atom stereocenters. The highest BCUT2D eigenvalue weighted by atomic mass is 16.2. The summed E-state index contributed by atoms with van der Waals surface area (Å²) < 4.78 is 0. The van der Waals surface area contributed by atoms with Gasteiger partial charge in [-0.15, -0.1) is 0 Å². The van der Waals surface area contributed by atoms with Gasteiger partial charge in [-0.3, -0.25) is 14.5 Å². The first-order chi connectivity index (χ1) is 8.70. The van der Waals surface area contributed by atoms with Gasteiger partial charge in [0.2, 0.25) is 11.8 Å². The van der Waals surface area contributed by atoms with Crippen LogP contribution in [0, 0.1) is 0 Å². The zero-order valence-corrected chi connectivity index (χ0v) is 10.1. The van der Waals surface area contributed by atoms with Gasteiger partial charge in [0.15, 0.2) is 0 Å². The summed E-state index contributed by atoms with van der Waals surface area (Å²) in [6, 6.07) is 5.27. The number of hydrazine groups is 1. The first-order valence-electron chi connectivity index (χ1n) is 5.96. The third-order valence-corrected chi connectivity index (χ3v) is 2.91. The molecular weight excluding hydrogens is 232 g/mol. The van der Waals surface area contributed by atoms with Gasteiger partial charge in [-0.1, -0.05) is 6.07 Å². The van der Waals surface area contributed by atoms with Crippen molar-refractivity contribution in [1.82, 2.24) is 9.88 Å². The van der Waals surface area contributed by atoms with Gasteiger partial charge < -0.3 is 5.43 Å². The highest BCUT2D eigenvalue weighted by Crippen LogP contribution is 2.15. The summed E-state index contributed by atoms with van der Waals surface area (Å²) in [5, 5.41) is 0. The van der Waals surface area contributed by atoms with E-state index in [0.717, 1.165) is 12.8 Å². The maximum absolute atomic E-state index is 11.8. The lowest BCUT2D eigenvalue weighted by Crippen LogP contribution is -2.34. The van der Waals surface area contributed by atoms with Crippen LogP contribution in [-0.2, 0) is 16.1 Å².